The van der Waals surface area contributed by atoms with Gasteiger partial charge in [-0.15, -0.1) is 12.4 Å². The standard InChI is InChI=1S/C13H18N2O2.ClH/c1-11-3-2-4-12(9-11)17-10-13(16)15-7-5-14-6-8-15;/h2-4,9,14H,5-8,10H2,1H3;1H. The van der Waals surface area contributed by atoms with Crippen molar-refractivity contribution in [3.63, 3.8) is 0 Å². The van der Waals surface area contributed by atoms with E-state index in [0.29, 0.717) is 0 Å². The Hall–Kier alpha value is -1.26. The fourth-order valence-corrected chi connectivity index (χ4v) is 1.86. The van der Waals surface area contributed by atoms with Gasteiger partial charge in [0, 0.05) is 26.2 Å². The highest BCUT2D eigenvalue weighted by molar-refractivity contribution is 5.85. The minimum Gasteiger partial charge on any atom is -0.484 e. The molecule has 1 aliphatic heterocycles. The first-order valence-electron chi connectivity index (χ1n) is 5.94. The molecule has 5 heteroatoms. The zero-order valence-corrected chi connectivity index (χ0v) is 11.3. The van der Waals surface area contributed by atoms with Crippen LogP contribution in [0, 0.1) is 6.92 Å². The van der Waals surface area contributed by atoms with Crippen LogP contribution in [0.1, 0.15) is 5.56 Å². The summed E-state index contributed by atoms with van der Waals surface area (Å²) in [4.78, 5) is 13.7. The number of nitrogens with zero attached hydrogens (tertiary/aromatic N) is 1. The number of hydrogen-bond donors (Lipinski definition) is 1. The lowest BCUT2D eigenvalue weighted by Crippen LogP contribution is -2.47. The Kier molecular flexibility index (Phi) is 5.95. The van der Waals surface area contributed by atoms with Crippen LogP contribution in [-0.4, -0.2) is 43.6 Å². The van der Waals surface area contributed by atoms with Gasteiger partial charge in [-0.05, 0) is 24.6 Å². The fraction of sp³-hybridized carbons (Fsp3) is 0.462. The molecule has 1 amide bonds. The molecule has 1 saturated heterocycles. The largest absolute Gasteiger partial charge is 0.484 e. The van der Waals surface area contributed by atoms with Crippen LogP contribution in [0.3, 0.4) is 0 Å². The van der Waals surface area contributed by atoms with Gasteiger partial charge in [-0.3, -0.25) is 4.79 Å². The summed E-state index contributed by atoms with van der Waals surface area (Å²) in [5, 5.41) is 3.22. The van der Waals surface area contributed by atoms with Crippen LogP contribution in [0.15, 0.2) is 24.3 Å². The lowest BCUT2D eigenvalue weighted by Gasteiger charge is -2.27. The van der Waals surface area contributed by atoms with Crippen LogP contribution < -0.4 is 10.1 Å². The van der Waals surface area contributed by atoms with Gasteiger partial charge in [-0.1, -0.05) is 12.1 Å². The molecule has 1 heterocycles. The molecule has 1 fully saturated rings. The van der Waals surface area contributed by atoms with E-state index in [9.17, 15) is 4.79 Å². The van der Waals surface area contributed by atoms with Crippen LogP contribution in [0.4, 0.5) is 0 Å². The molecule has 100 valence electrons. The van der Waals surface area contributed by atoms with Gasteiger partial charge >= 0.3 is 0 Å². The van der Waals surface area contributed by atoms with Gasteiger partial charge in [0.15, 0.2) is 6.61 Å². The molecule has 1 aromatic rings. The second-order valence-electron chi connectivity index (χ2n) is 4.24. The normalized spacial score (nSPS) is 14.8. The highest BCUT2D eigenvalue weighted by Gasteiger charge is 2.16. The minimum atomic E-state index is 0. The zero-order chi connectivity index (χ0) is 12.1. The molecule has 0 aromatic heterocycles. The molecule has 0 aliphatic carbocycles. The van der Waals surface area contributed by atoms with Gasteiger partial charge < -0.3 is 15.0 Å². The van der Waals surface area contributed by atoms with E-state index in [4.69, 9.17) is 4.74 Å². The topological polar surface area (TPSA) is 41.6 Å². The highest BCUT2D eigenvalue weighted by Crippen LogP contribution is 2.12. The molecule has 1 N–H and O–H groups in total. The van der Waals surface area contributed by atoms with Crippen LogP contribution in [0.25, 0.3) is 0 Å². The smallest absolute Gasteiger partial charge is 0.260 e. The first-order chi connectivity index (χ1) is 8.25. The summed E-state index contributed by atoms with van der Waals surface area (Å²) in [5.41, 5.74) is 1.14. The van der Waals surface area contributed by atoms with E-state index < -0.39 is 0 Å². The summed E-state index contributed by atoms with van der Waals surface area (Å²) in [5.74, 6) is 0.821. The van der Waals surface area contributed by atoms with Crippen molar-refractivity contribution in [1.29, 1.82) is 0 Å². The van der Waals surface area contributed by atoms with Gasteiger partial charge in [-0.25, -0.2) is 0 Å². The van der Waals surface area contributed by atoms with E-state index in [0.717, 1.165) is 37.5 Å². The number of aryl methyl sites for hydroxylation is 1. The van der Waals surface area contributed by atoms with Crippen molar-refractivity contribution in [2.45, 2.75) is 6.92 Å². The maximum atomic E-state index is 11.8. The number of carbonyl (C=O) groups is 1. The molecule has 0 atom stereocenters. The Balaban J connectivity index is 0.00000162. The first kappa shape index (κ1) is 14.8. The third-order valence-corrected chi connectivity index (χ3v) is 2.82. The Morgan fingerprint density at radius 1 is 1.39 bits per heavy atom. The van der Waals surface area contributed by atoms with E-state index in [1.54, 1.807) is 0 Å². The number of amides is 1. The molecule has 18 heavy (non-hydrogen) atoms. The number of piperazine rings is 1. The quantitative estimate of drug-likeness (QED) is 0.898. The average molecular weight is 271 g/mol. The predicted octanol–water partition coefficient (Wildman–Crippen LogP) is 1.23. The third-order valence-electron chi connectivity index (χ3n) is 2.82. The SMILES string of the molecule is Cc1cccc(OCC(=O)N2CCNCC2)c1.Cl. The summed E-state index contributed by atoms with van der Waals surface area (Å²) < 4.78 is 5.49. The molecule has 0 spiro atoms. The maximum absolute atomic E-state index is 11.8. The predicted molar refractivity (Wildman–Crippen MR) is 73.4 cm³/mol. The fourth-order valence-electron chi connectivity index (χ4n) is 1.86. The molecule has 0 radical (unpaired) electrons. The number of ether oxygens (including phenoxy) is 1. The summed E-state index contributed by atoms with van der Waals surface area (Å²) in [6.45, 7) is 5.42. The zero-order valence-electron chi connectivity index (χ0n) is 10.5. The van der Waals surface area contributed by atoms with Gasteiger partial charge in [0.2, 0.25) is 0 Å². The summed E-state index contributed by atoms with van der Waals surface area (Å²) in [6, 6.07) is 7.74. The summed E-state index contributed by atoms with van der Waals surface area (Å²) >= 11 is 0. The second-order valence-corrected chi connectivity index (χ2v) is 4.24. The van der Waals surface area contributed by atoms with Crippen molar-refractivity contribution in [3.8, 4) is 5.75 Å². The molecular formula is C13H19ClN2O2. The van der Waals surface area contributed by atoms with Gasteiger partial charge in [0.25, 0.3) is 5.91 Å². The number of benzene rings is 1. The number of hydrogen-bond acceptors (Lipinski definition) is 3. The maximum Gasteiger partial charge on any atom is 0.260 e. The van der Waals surface area contributed by atoms with Crippen molar-refractivity contribution in [3.05, 3.63) is 29.8 Å². The Morgan fingerprint density at radius 2 is 2.11 bits per heavy atom. The van der Waals surface area contributed by atoms with Crippen LogP contribution in [0.5, 0.6) is 5.75 Å². The van der Waals surface area contributed by atoms with Gasteiger partial charge in [-0.2, -0.15) is 0 Å². The van der Waals surface area contributed by atoms with Crippen LogP contribution in [0.2, 0.25) is 0 Å². The Labute approximate surface area is 114 Å². The minimum absolute atomic E-state index is 0. The Morgan fingerprint density at radius 3 is 2.78 bits per heavy atom. The van der Waals surface area contributed by atoms with Crippen molar-refractivity contribution < 1.29 is 9.53 Å². The van der Waals surface area contributed by atoms with E-state index in [1.165, 1.54) is 0 Å². The molecule has 2 rings (SSSR count). The van der Waals surface area contributed by atoms with Gasteiger partial charge in [0.05, 0.1) is 0 Å². The van der Waals surface area contributed by atoms with Crippen LogP contribution >= 0.6 is 12.4 Å². The molecule has 0 unspecified atom stereocenters. The number of halogens is 1. The van der Waals surface area contributed by atoms with Gasteiger partial charge in [0.1, 0.15) is 5.75 Å². The molecule has 1 aliphatic rings. The number of carbonyl (C=O) groups excluding carboxylic acids is 1. The third kappa shape index (κ3) is 4.20. The number of rotatable bonds is 3. The van der Waals surface area contributed by atoms with E-state index in [-0.39, 0.29) is 24.9 Å². The summed E-state index contributed by atoms with van der Waals surface area (Å²) in [7, 11) is 0. The highest BCUT2D eigenvalue weighted by atomic mass is 35.5. The molecule has 0 saturated carbocycles. The average Bonchev–Trinajstić information content (AvgIpc) is 2.37. The van der Waals surface area contributed by atoms with E-state index in [2.05, 4.69) is 5.32 Å². The molecule has 0 bridgehead atoms. The number of nitrogens with one attached hydrogen (secondary N) is 1. The lowest BCUT2D eigenvalue weighted by atomic mass is 10.2. The molecular weight excluding hydrogens is 252 g/mol. The Bertz CT molecular complexity index is 392. The first-order valence-corrected chi connectivity index (χ1v) is 5.94. The monoisotopic (exact) mass is 270 g/mol. The van der Waals surface area contributed by atoms with Crippen molar-refractivity contribution in [2.24, 2.45) is 0 Å². The van der Waals surface area contributed by atoms with Crippen molar-refractivity contribution in [2.75, 3.05) is 32.8 Å². The van der Waals surface area contributed by atoms with Crippen LogP contribution in [-0.2, 0) is 4.79 Å². The van der Waals surface area contributed by atoms with E-state index in [1.807, 2.05) is 36.1 Å². The van der Waals surface area contributed by atoms with Crippen molar-refractivity contribution in [1.82, 2.24) is 10.2 Å². The van der Waals surface area contributed by atoms with Crippen molar-refractivity contribution >= 4 is 18.3 Å². The summed E-state index contributed by atoms with van der Waals surface area (Å²) in [6.07, 6.45) is 0. The molecule has 1 aromatic carbocycles. The second kappa shape index (κ2) is 7.24. The molecule has 4 nitrogen and oxygen atoms in total. The lowest BCUT2D eigenvalue weighted by molar-refractivity contribution is -0.133. The van der Waals surface area contributed by atoms with E-state index >= 15 is 0 Å².